The van der Waals surface area contributed by atoms with Gasteiger partial charge >= 0.3 is 0 Å². The molecule has 1 aromatic carbocycles. The van der Waals surface area contributed by atoms with E-state index in [1.807, 2.05) is 6.07 Å². The van der Waals surface area contributed by atoms with Gasteiger partial charge in [-0.2, -0.15) is 0 Å². The molecule has 0 amide bonds. The number of hydrogen-bond donors (Lipinski definition) is 1. The van der Waals surface area contributed by atoms with E-state index in [9.17, 15) is 9.90 Å². The van der Waals surface area contributed by atoms with E-state index in [1.54, 1.807) is 18.0 Å². The number of carbonyl (C=O) groups is 1. The highest BCUT2D eigenvalue weighted by atomic mass is 16.5. The number of likely N-dealkylation sites (tertiary alicyclic amines) is 1. The molecule has 1 spiro atoms. The van der Waals surface area contributed by atoms with E-state index in [4.69, 9.17) is 13.6 Å². The van der Waals surface area contributed by atoms with Crippen molar-refractivity contribution in [3.05, 3.63) is 23.3 Å². The zero-order chi connectivity index (χ0) is 18.7. The van der Waals surface area contributed by atoms with Crippen molar-refractivity contribution in [3.8, 4) is 11.5 Å². The third-order valence-corrected chi connectivity index (χ3v) is 6.19. The van der Waals surface area contributed by atoms with Gasteiger partial charge in [-0.25, -0.2) is 0 Å². The average molecular weight is 318 g/mol. The molecule has 0 aromatic heterocycles. The number of piperidine rings is 1. The van der Waals surface area contributed by atoms with Gasteiger partial charge < -0.3 is 19.5 Å². The number of rotatable bonds is 1. The number of carbonyl (C=O) groups excluding carboxylic acids is 1. The van der Waals surface area contributed by atoms with Crippen molar-refractivity contribution in [2.24, 2.45) is 0 Å². The summed E-state index contributed by atoms with van der Waals surface area (Å²) in [6.45, 7) is 0.526. The molecule has 5 nitrogen and oxygen atoms in total. The molecule has 1 saturated heterocycles. The molecule has 4 atom stereocenters. The van der Waals surface area contributed by atoms with Gasteiger partial charge in [0.15, 0.2) is 23.4 Å². The summed E-state index contributed by atoms with van der Waals surface area (Å²) in [5, 5.41) is 11.9. The van der Waals surface area contributed by atoms with Crippen molar-refractivity contribution in [1.82, 2.24) is 4.90 Å². The second-order valence-corrected chi connectivity index (χ2v) is 6.97. The third kappa shape index (κ3) is 1.32. The Hall–Kier alpha value is -1.59. The topological polar surface area (TPSA) is 59.0 Å². The van der Waals surface area contributed by atoms with Gasteiger partial charge in [-0.3, -0.25) is 4.79 Å². The molecular formula is C18H21NO4. The number of nitrogens with zero attached hydrogens (tertiary/aromatic N) is 1. The second kappa shape index (κ2) is 4.08. The SMILES string of the molecule is [2H]C1([2H])C[C@]2(O)[C@@]34CCN(C)[C@]2([2H])Cc2ccc(OC)c(c23)OC4C1=O. The lowest BCUT2D eigenvalue weighted by atomic mass is 9.49. The normalized spacial score (nSPS) is 47.9. The van der Waals surface area contributed by atoms with Gasteiger partial charge in [0.05, 0.1) is 19.5 Å². The minimum Gasteiger partial charge on any atom is -0.493 e. The van der Waals surface area contributed by atoms with Crippen molar-refractivity contribution in [1.29, 1.82) is 0 Å². The Morgan fingerprint density at radius 3 is 3.13 bits per heavy atom. The van der Waals surface area contributed by atoms with Crippen LogP contribution in [0.3, 0.4) is 0 Å². The molecule has 1 aromatic rings. The molecule has 4 aliphatic rings. The monoisotopic (exact) mass is 318 g/mol. The standard InChI is InChI=1S/C18H21NO4/c1-19-8-7-17-14-10-3-4-12(22-2)15(14)23-16(17)11(20)5-6-18(17,21)13(19)9-10/h3-4,13,16,21H,5-9H2,1-2H3/t13-,16?,17+,18-/m1/s1/i5D2,13D. The number of hydrogen-bond acceptors (Lipinski definition) is 5. The molecule has 0 radical (unpaired) electrons. The van der Waals surface area contributed by atoms with Gasteiger partial charge in [-0.1, -0.05) is 6.07 Å². The maximum atomic E-state index is 13.0. The van der Waals surface area contributed by atoms with E-state index in [-0.39, 0.29) is 6.42 Å². The van der Waals surface area contributed by atoms with Crippen LogP contribution in [0.5, 0.6) is 11.5 Å². The molecule has 1 saturated carbocycles. The fourth-order valence-corrected chi connectivity index (χ4v) is 5.11. The minimum atomic E-state index is -2.25. The fourth-order valence-electron chi connectivity index (χ4n) is 5.11. The quantitative estimate of drug-likeness (QED) is 0.839. The summed E-state index contributed by atoms with van der Waals surface area (Å²) in [4.78, 5) is 14.8. The van der Waals surface area contributed by atoms with Crippen LogP contribution in [0.2, 0.25) is 0 Å². The van der Waals surface area contributed by atoms with Gasteiger partial charge in [0, 0.05) is 20.7 Å². The first kappa shape index (κ1) is 11.0. The predicted molar refractivity (Wildman–Crippen MR) is 83.0 cm³/mol. The minimum absolute atomic E-state index is 0.244. The number of benzene rings is 1. The molecular weight excluding hydrogens is 294 g/mol. The number of aliphatic hydroxyl groups is 1. The lowest BCUT2D eigenvalue weighted by molar-refractivity contribution is -0.185. The van der Waals surface area contributed by atoms with Crippen LogP contribution >= 0.6 is 0 Å². The molecule has 23 heavy (non-hydrogen) atoms. The van der Waals surface area contributed by atoms with E-state index in [1.165, 1.54) is 7.11 Å². The lowest BCUT2D eigenvalue weighted by Crippen LogP contribution is -2.76. The molecule has 1 unspecified atom stereocenters. The van der Waals surface area contributed by atoms with Crippen molar-refractivity contribution in [2.45, 2.75) is 48.8 Å². The number of methoxy groups -OCH3 is 1. The Bertz CT molecular complexity index is 861. The van der Waals surface area contributed by atoms with Gasteiger partial charge in [0.2, 0.25) is 0 Å². The molecule has 2 aliphatic carbocycles. The largest absolute Gasteiger partial charge is 0.493 e. The van der Waals surface area contributed by atoms with E-state index in [2.05, 4.69) is 0 Å². The Balaban J connectivity index is 1.90. The van der Waals surface area contributed by atoms with Crippen LogP contribution in [0.15, 0.2) is 12.1 Å². The summed E-state index contributed by atoms with van der Waals surface area (Å²) >= 11 is 0. The van der Waals surface area contributed by atoms with Crippen LogP contribution in [0.1, 0.15) is 34.5 Å². The van der Waals surface area contributed by atoms with Gasteiger partial charge in [0.25, 0.3) is 0 Å². The van der Waals surface area contributed by atoms with Gasteiger partial charge in [0.1, 0.15) is 0 Å². The second-order valence-electron chi connectivity index (χ2n) is 6.97. The van der Waals surface area contributed by atoms with Crippen LogP contribution < -0.4 is 9.47 Å². The molecule has 5 rings (SSSR count). The summed E-state index contributed by atoms with van der Waals surface area (Å²) in [5.74, 6) is 0.242. The molecule has 1 N–H and O–H groups in total. The van der Waals surface area contributed by atoms with Crippen molar-refractivity contribution in [2.75, 3.05) is 20.7 Å². The molecule has 5 heteroatoms. The summed E-state index contributed by atoms with van der Waals surface area (Å²) in [5.41, 5.74) is -1.24. The Labute approximate surface area is 139 Å². The summed E-state index contributed by atoms with van der Waals surface area (Å²) in [6.07, 6.45) is -3.11. The van der Waals surface area contributed by atoms with E-state index in [0.717, 1.165) is 11.1 Å². The lowest BCUT2D eigenvalue weighted by Gasteiger charge is -2.62. The van der Waals surface area contributed by atoms with Crippen LogP contribution in [0, 0.1) is 0 Å². The first-order valence-electron chi connectivity index (χ1n) is 9.47. The number of ether oxygens (including phenoxy) is 2. The molecule has 2 aliphatic heterocycles. The van der Waals surface area contributed by atoms with E-state index in [0.29, 0.717) is 24.5 Å². The first-order chi connectivity index (χ1) is 12.1. The van der Waals surface area contributed by atoms with E-state index >= 15 is 0 Å². The van der Waals surface area contributed by atoms with E-state index < -0.39 is 41.7 Å². The highest BCUT2D eigenvalue weighted by molar-refractivity contribution is 5.90. The fraction of sp³-hybridized carbons (Fsp3) is 0.611. The number of likely N-dealkylation sites (N-methyl/N-ethyl adjacent to an activating group) is 1. The molecule has 2 heterocycles. The Morgan fingerprint density at radius 2 is 2.35 bits per heavy atom. The van der Waals surface area contributed by atoms with Crippen LogP contribution in [-0.2, 0) is 16.6 Å². The zero-order valence-electron chi connectivity index (χ0n) is 16.2. The van der Waals surface area contributed by atoms with Crippen LogP contribution in [-0.4, -0.2) is 54.2 Å². The van der Waals surface area contributed by atoms with Crippen molar-refractivity contribution >= 4 is 5.78 Å². The molecule has 2 fully saturated rings. The maximum absolute atomic E-state index is 13.0. The zero-order valence-corrected chi connectivity index (χ0v) is 13.2. The van der Waals surface area contributed by atoms with Gasteiger partial charge in [-0.05, 0) is 44.5 Å². The summed E-state index contributed by atoms with van der Waals surface area (Å²) < 4.78 is 37.1. The highest BCUT2D eigenvalue weighted by Gasteiger charge is 2.72. The summed E-state index contributed by atoms with van der Waals surface area (Å²) in [6, 6.07) is 2.20. The maximum Gasteiger partial charge on any atom is 0.174 e. The summed E-state index contributed by atoms with van der Waals surface area (Å²) in [7, 11) is 3.30. The van der Waals surface area contributed by atoms with Crippen LogP contribution in [0.25, 0.3) is 0 Å². The molecule has 122 valence electrons. The third-order valence-electron chi connectivity index (χ3n) is 6.19. The van der Waals surface area contributed by atoms with Gasteiger partial charge in [-0.15, -0.1) is 0 Å². The van der Waals surface area contributed by atoms with Crippen molar-refractivity contribution < 1.29 is 23.5 Å². The smallest absolute Gasteiger partial charge is 0.174 e. The number of ketones is 1. The Kier molecular flexibility index (Phi) is 1.96. The predicted octanol–water partition coefficient (Wildman–Crippen LogP) is 1.05. The van der Waals surface area contributed by atoms with Crippen molar-refractivity contribution in [3.63, 3.8) is 0 Å². The number of Topliss-reactive ketones (excluding diaryl/α,β-unsaturated/α-hetero) is 1. The Morgan fingerprint density at radius 1 is 1.52 bits per heavy atom. The molecule has 2 bridgehead atoms. The van der Waals surface area contributed by atoms with Crippen LogP contribution in [0.4, 0.5) is 0 Å². The highest BCUT2D eigenvalue weighted by Crippen LogP contribution is 2.64. The first-order valence-corrected chi connectivity index (χ1v) is 7.97. The average Bonchev–Trinajstić information content (AvgIpc) is 2.92.